The maximum absolute atomic E-state index is 13.4. The summed E-state index contributed by atoms with van der Waals surface area (Å²) in [7, 11) is 1.61. The highest BCUT2D eigenvalue weighted by Crippen LogP contribution is 2.43. The van der Waals surface area contributed by atoms with E-state index in [4.69, 9.17) is 23.8 Å². The molecule has 45 heavy (non-hydrogen) atoms. The molecular formula is C34H35N3O8. The van der Waals surface area contributed by atoms with Crippen molar-refractivity contribution in [1.82, 2.24) is 9.55 Å². The summed E-state index contributed by atoms with van der Waals surface area (Å²) in [4.78, 5) is 33.5. The first kappa shape index (κ1) is 30.3. The summed E-state index contributed by atoms with van der Waals surface area (Å²) in [6.45, 7) is 3.66. The van der Waals surface area contributed by atoms with Crippen LogP contribution in [0.1, 0.15) is 41.8 Å². The first-order valence-electron chi connectivity index (χ1n) is 14.8. The van der Waals surface area contributed by atoms with Crippen molar-refractivity contribution in [3.63, 3.8) is 0 Å². The standard InChI is InChI=1S/C34H35N3O8/c1-4-42-29-19-27-30(37(40)45-29)28(44-32(27)36-20-22(2)31(38)35-33(36)39)21-43-34(23-11-7-5-8-12-23,24-13-9-6-10-14-24)25-15-17-26(41-3)18-16-25/h5-18,20,27-29,32H,4,19,21H2,1-3H3,(H,35,38,39)/t27-,28-,29+,32-/m1/s1. The SMILES string of the molecule is CCO[C@@H]1C[C@@H]2C(=[N+]([O-])O1)[C@@H](COC(c1ccccc1)(c1ccccc1)c1ccc(OC)cc1)O[C@H]2n1cc(C)c(=O)[nH]c1=O. The van der Waals surface area contributed by atoms with Crippen LogP contribution in [0.25, 0.3) is 0 Å². The number of rotatable bonds is 10. The molecule has 0 radical (unpaired) electrons. The van der Waals surface area contributed by atoms with Gasteiger partial charge in [0, 0.05) is 29.7 Å². The van der Waals surface area contributed by atoms with Crippen molar-refractivity contribution in [2.24, 2.45) is 5.92 Å². The minimum Gasteiger partial charge on any atom is -0.497 e. The molecule has 2 aliphatic heterocycles. The predicted octanol–water partition coefficient (Wildman–Crippen LogP) is 4.03. The topological polar surface area (TPSA) is 127 Å². The quantitative estimate of drug-likeness (QED) is 0.210. The van der Waals surface area contributed by atoms with Gasteiger partial charge < -0.3 is 23.8 Å². The molecule has 1 N–H and O–H groups in total. The molecule has 0 spiro atoms. The van der Waals surface area contributed by atoms with E-state index in [9.17, 15) is 14.8 Å². The summed E-state index contributed by atoms with van der Waals surface area (Å²) in [6.07, 6.45) is -0.941. The molecule has 6 rings (SSSR count). The lowest BCUT2D eigenvalue weighted by atomic mass is 9.80. The van der Waals surface area contributed by atoms with E-state index in [0.29, 0.717) is 22.8 Å². The number of nitrogens with zero attached hydrogens (tertiary/aromatic N) is 2. The fourth-order valence-electron chi connectivity index (χ4n) is 6.19. The molecule has 0 saturated carbocycles. The molecule has 1 saturated heterocycles. The zero-order valence-electron chi connectivity index (χ0n) is 25.3. The minimum absolute atomic E-state index is 0.0728. The average molecular weight is 614 g/mol. The predicted molar refractivity (Wildman–Crippen MR) is 165 cm³/mol. The first-order chi connectivity index (χ1) is 21.8. The Morgan fingerprint density at radius 3 is 2.20 bits per heavy atom. The van der Waals surface area contributed by atoms with Gasteiger partial charge in [0.25, 0.3) is 11.3 Å². The van der Waals surface area contributed by atoms with Crippen LogP contribution in [0.15, 0.2) is 101 Å². The fourth-order valence-corrected chi connectivity index (χ4v) is 6.19. The summed E-state index contributed by atoms with van der Waals surface area (Å²) in [5.41, 5.74) is 0.914. The second-order valence-electron chi connectivity index (χ2n) is 11.0. The Bertz CT molecular complexity index is 1730. The van der Waals surface area contributed by atoms with Gasteiger partial charge in [0.2, 0.25) is 0 Å². The number of benzene rings is 3. The van der Waals surface area contributed by atoms with E-state index in [2.05, 4.69) is 4.98 Å². The number of H-pyrrole nitrogens is 1. The van der Waals surface area contributed by atoms with Crippen LogP contribution >= 0.6 is 0 Å². The molecule has 11 heteroatoms. The second kappa shape index (κ2) is 12.7. The number of hydrogen-bond acceptors (Lipinski definition) is 8. The Morgan fingerprint density at radius 2 is 1.60 bits per heavy atom. The van der Waals surface area contributed by atoms with Crippen LogP contribution in [0.2, 0.25) is 0 Å². The molecule has 2 aliphatic rings. The highest BCUT2D eigenvalue weighted by atomic mass is 16.9. The Labute approximate surface area is 259 Å². The first-order valence-corrected chi connectivity index (χ1v) is 14.8. The van der Waals surface area contributed by atoms with E-state index in [1.807, 2.05) is 84.9 Å². The molecule has 1 fully saturated rings. The minimum atomic E-state index is -1.12. The van der Waals surface area contributed by atoms with Crippen LogP contribution in [0.4, 0.5) is 0 Å². The van der Waals surface area contributed by atoms with E-state index in [-0.39, 0.29) is 18.7 Å². The van der Waals surface area contributed by atoms with Crippen molar-refractivity contribution < 1.29 is 28.7 Å². The van der Waals surface area contributed by atoms with E-state index >= 15 is 0 Å². The van der Waals surface area contributed by atoms with Gasteiger partial charge in [-0.3, -0.25) is 19.6 Å². The Morgan fingerprint density at radius 1 is 0.978 bits per heavy atom. The molecule has 3 heterocycles. The highest BCUT2D eigenvalue weighted by Gasteiger charge is 2.54. The molecule has 0 bridgehead atoms. The van der Waals surface area contributed by atoms with Gasteiger partial charge in [-0.2, -0.15) is 0 Å². The number of aryl methyl sites for hydroxylation is 1. The van der Waals surface area contributed by atoms with E-state index in [0.717, 1.165) is 16.7 Å². The second-order valence-corrected chi connectivity index (χ2v) is 11.0. The summed E-state index contributed by atoms with van der Waals surface area (Å²) in [5, 5.41) is 13.4. The van der Waals surface area contributed by atoms with Gasteiger partial charge in [-0.25, -0.2) is 4.79 Å². The van der Waals surface area contributed by atoms with Crippen molar-refractivity contribution in [2.75, 3.05) is 20.3 Å². The molecule has 0 unspecified atom stereocenters. The third-order valence-electron chi connectivity index (χ3n) is 8.31. The number of hydrogen-bond donors (Lipinski definition) is 1. The fraction of sp³-hybridized carbons (Fsp3) is 0.324. The smallest absolute Gasteiger partial charge is 0.330 e. The summed E-state index contributed by atoms with van der Waals surface area (Å²) in [6, 6.07) is 27.3. The molecule has 234 valence electrons. The third kappa shape index (κ3) is 5.66. The molecule has 4 atom stereocenters. The normalized spacial score (nSPS) is 21.3. The van der Waals surface area contributed by atoms with Crippen molar-refractivity contribution in [3.05, 3.63) is 139 Å². The van der Waals surface area contributed by atoms with Gasteiger partial charge in [-0.15, -0.1) is 0 Å². The molecule has 0 aliphatic carbocycles. The van der Waals surface area contributed by atoms with Crippen LogP contribution < -0.4 is 16.0 Å². The molecular weight excluding hydrogens is 578 g/mol. The van der Waals surface area contributed by atoms with Crippen LogP contribution in [-0.2, 0) is 24.6 Å². The molecule has 3 aromatic carbocycles. The largest absolute Gasteiger partial charge is 0.497 e. The summed E-state index contributed by atoms with van der Waals surface area (Å²) < 4.78 is 25.9. The molecule has 0 amide bonds. The summed E-state index contributed by atoms with van der Waals surface area (Å²) >= 11 is 0. The van der Waals surface area contributed by atoms with Crippen LogP contribution in [0.5, 0.6) is 5.75 Å². The lowest BCUT2D eigenvalue weighted by Crippen LogP contribution is -2.44. The van der Waals surface area contributed by atoms with Crippen LogP contribution in [0.3, 0.4) is 0 Å². The monoisotopic (exact) mass is 613 g/mol. The van der Waals surface area contributed by atoms with Gasteiger partial charge in [-0.1, -0.05) is 72.8 Å². The zero-order chi connectivity index (χ0) is 31.6. The highest BCUT2D eigenvalue weighted by molar-refractivity contribution is 5.89. The number of fused-ring (bicyclic) bond motifs is 1. The van der Waals surface area contributed by atoms with Crippen LogP contribution in [-0.4, -0.2) is 52.9 Å². The number of ether oxygens (including phenoxy) is 4. The van der Waals surface area contributed by atoms with Gasteiger partial charge in [-0.05, 0) is 42.7 Å². The molecule has 4 aromatic rings. The molecule has 11 nitrogen and oxygen atoms in total. The maximum Gasteiger partial charge on any atom is 0.330 e. The third-order valence-corrected chi connectivity index (χ3v) is 8.31. The lowest BCUT2D eigenvalue weighted by Gasteiger charge is -2.36. The van der Waals surface area contributed by atoms with Crippen molar-refractivity contribution in [1.29, 1.82) is 0 Å². The summed E-state index contributed by atoms with van der Waals surface area (Å²) in [5.74, 6) is 0.106. The average Bonchev–Trinajstić information content (AvgIpc) is 3.43. The van der Waals surface area contributed by atoms with Gasteiger partial charge in [0.15, 0.2) is 18.6 Å². The van der Waals surface area contributed by atoms with Crippen molar-refractivity contribution >= 4 is 5.71 Å². The molecule has 1 aromatic heterocycles. The zero-order valence-corrected chi connectivity index (χ0v) is 25.3. The number of methoxy groups -OCH3 is 1. The van der Waals surface area contributed by atoms with Gasteiger partial charge in [0.1, 0.15) is 11.4 Å². The number of nitrogens with one attached hydrogen (secondary N) is 1. The lowest BCUT2D eigenvalue weighted by molar-refractivity contribution is -0.773. The van der Waals surface area contributed by atoms with Gasteiger partial charge in [0.05, 0.1) is 19.6 Å². The maximum atomic E-state index is 13.4. The van der Waals surface area contributed by atoms with E-state index in [1.54, 1.807) is 21.0 Å². The van der Waals surface area contributed by atoms with E-state index < -0.39 is 41.4 Å². The van der Waals surface area contributed by atoms with Crippen molar-refractivity contribution in [2.45, 2.75) is 44.5 Å². The van der Waals surface area contributed by atoms with Crippen LogP contribution in [0, 0.1) is 18.0 Å². The van der Waals surface area contributed by atoms with Crippen molar-refractivity contribution in [3.8, 4) is 5.75 Å². The Hall–Kier alpha value is -4.71. The Kier molecular flexibility index (Phi) is 8.57. The number of aromatic amines is 1. The van der Waals surface area contributed by atoms with Gasteiger partial charge >= 0.3 is 5.69 Å². The Balaban J connectivity index is 1.45. The number of aromatic nitrogens is 2. The van der Waals surface area contributed by atoms with E-state index in [1.165, 1.54) is 10.8 Å².